The number of carbonyl (C=O) groups excluding carboxylic acids is 2. The molecule has 2 amide bonds. The minimum absolute atomic E-state index is 0.102. The van der Waals surface area contributed by atoms with E-state index in [9.17, 15) is 9.59 Å². The van der Waals surface area contributed by atoms with E-state index in [0.29, 0.717) is 12.2 Å². The number of methoxy groups -OCH3 is 1. The highest BCUT2D eigenvalue weighted by molar-refractivity contribution is 5.94. The van der Waals surface area contributed by atoms with Crippen LogP contribution in [0.2, 0.25) is 0 Å². The SMILES string of the molecule is COc1ccccc1CC(=O)N1C(=O)OCC1Cc1ccccc1. The van der Waals surface area contributed by atoms with Gasteiger partial charge in [0.05, 0.1) is 19.6 Å². The normalized spacial score (nSPS) is 16.8. The lowest BCUT2D eigenvalue weighted by Gasteiger charge is -2.20. The first-order valence-electron chi connectivity index (χ1n) is 7.83. The van der Waals surface area contributed by atoms with Gasteiger partial charge in [-0.3, -0.25) is 4.79 Å². The van der Waals surface area contributed by atoms with Gasteiger partial charge in [0.1, 0.15) is 12.4 Å². The first-order chi connectivity index (χ1) is 11.7. The quantitative estimate of drug-likeness (QED) is 0.848. The molecule has 5 nitrogen and oxygen atoms in total. The molecule has 3 rings (SSSR count). The summed E-state index contributed by atoms with van der Waals surface area (Å²) in [7, 11) is 1.56. The summed E-state index contributed by atoms with van der Waals surface area (Å²) in [5.74, 6) is 0.362. The number of cyclic esters (lactones) is 1. The van der Waals surface area contributed by atoms with Crippen LogP contribution in [0.15, 0.2) is 54.6 Å². The minimum atomic E-state index is -0.573. The Bertz CT molecular complexity index is 729. The third-order valence-electron chi connectivity index (χ3n) is 4.08. The van der Waals surface area contributed by atoms with Crippen LogP contribution in [0.3, 0.4) is 0 Å². The second-order valence-corrected chi connectivity index (χ2v) is 5.67. The molecule has 1 aliphatic rings. The summed E-state index contributed by atoms with van der Waals surface area (Å²) in [5, 5.41) is 0. The van der Waals surface area contributed by atoms with E-state index in [4.69, 9.17) is 9.47 Å². The fraction of sp³-hybridized carbons (Fsp3) is 0.263. The molecule has 124 valence electrons. The van der Waals surface area contributed by atoms with Gasteiger partial charge in [-0.15, -0.1) is 0 Å². The third kappa shape index (κ3) is 3.40. The fourth-order valence-electron chi connectivity index (χ4n) is 2.90. The molecule has 1 atom stereocenters. The monoisotopic (exact) mass is 325 g/mol. The second-order valence-electron chi connectivity index (χ2n) is 5.67. The van der Waals surface area contributed by atoms with Crippen LogP contribution in [-0.4, -0.2) is 36.7 Å². The molecule has 0 N–H and O–H groups in total. The maximum atomic E-state index is 12.7. The highest BCUT2D eigenvalue weighted by atomic mass is 16.6. The molecule has 1 aliphatic heterocycles. The first kappa shape index (κ1) is 16.1. The van der Waals surface area contributed by atoms with Crippen LogP contribution in [0.1, 0.15) is 11.1 Å². The molecule has 2 aromatic carbocycles. The Balaban J connectivity index is 1.75. The predicted molar refractivity (Wildman–Crippen MR) is 88.8 cm³/mol. The van der Waals surface area contributed by atoms with E-state index in [2.05, 4.69) is 0 Å². The van der Waals surface area contributed by atoms with Crippen molar-refractivity contribution in [2.24, 2.45) is 0 Å². The zero-order valence-corrected chi connectivity index (χ0v) is 13.5. The molecule has 24 heavy (non-hydrogen) atoms. The highest BCUT2D eigenvalue weighted by Gasteiger charge is 2.37. The summed E-state index contributed by atoms with van der Waals surface area (Å²) in [6.07, 6.45) is 0.116. The van der Waals surface area contributed by atoms with Gasteiger partial charge in [-0.2, -0.15) is 0 Å². The van der Waals surface area contributed by atoms with Crippen molar-refractivity contribution in [2.75, 3.05) is 13.7 Å². The standard InChI is InChI=1S/C19H19NO4/c1-23-17-10-6-5-9-15(17)12-18(21)20-16(13-24-19(20)22)11-14-7-3-2-4-8-14/h2-10,16H,11-13H2,1H3. The Morgan fingerprint density at radius 1 is 1.17 bits per heavy atom. The molecule has 0 aromatic heterocycles. The molecule has 0 spiro atoms. The fourth-order valence-corrected chi connectivity index (χ4v) is 2.90. The zero-order valence-electron chi connectivity index (χ0n) is 13.5. The Kier molecular flexibility index (Phi) is 4.79. The van der Waals surface area contributed by atoms with E-state index in [-0.39, 0.29) is 25.0 Å². The lowest BCUT2D eigenvalue weighted by Crippen LogP contribution is -2.41. The Hall–Kier alpha value is -2.82. The lowest BCUT2D eigenvalue weighted by molar-refractivity contribution is -0.128. The van der Waals surface area contributed by atoms with Gasteiger partial charge in [-0.05, 0) is 18.1 Å². The van der Waals surface area contributed by atoms with Crippen LogP contribution in [0.25, 0.3) is 0 Å². The van der Waals surface area contributed by atoms with E-state index in [1.807, 2.05) is 48.5 Å². The van der Waals surface area contributed by atoms with Crippen LogP contribution < -0.4 is 4.74 Å². The lowest BCUT2D eigenvalue weighted by atomic mass is 10.0. The van der Waals surface area contributed by atoms with Gasteiger partial charge in [0.15, 0.2) is 0 Å². The maximum absolute atomic E-state index is 12.7. The van der Waals surface area contributed by atoms with Crippen molar-refractivity contribution in [2.45, 2.75) is 18.9 Å². The van der Waals surface area contributed by atoms with Gasteiger partial charge in [0.25, 0.3) is 0 Å². The molecule has 0 radical (unpaired) electrons. The van der Waals surface area contributed by atoms with Crippen molar-refractivity contribution < 1.29 is 19.1 Å². The minimum Gasteiger partial charge on any atom is -0.496 e. The summed E-state index contributed by atoms with van der Waals surface area (Å²) in [4.78, 5) is 25.9. The molecule has 0 bridgehead atoms. The smallest absolute Gasteiger partial charge is 0.416 e. The van der Waals surface area contributed by atoms with Crippen LogP contribution in [0.5, 0.6) is 5.75 Å². The van der Waals surface area contributed by atoms with Crippen molar-refractivity contribution in [1.29, 1.82) is 0 Å². The maximum Gasteiger partial charge on any atom is 0.416 e. The number of amides is 2. The Labute approximate surface area is 140 Å². The zero-order chi connectivity index (χ0) is 16.9. The van der Waals surface area contributed by atoms with Crippen LogP contribution in [0.4, 0.5) is 4.79 Å². The van der Waals surface area contributed by atoms with Gasteiger partial charge in [0, 0.05) is 5.56 Å². The second kappa shape index (κ2) is 7.17. The van der Waals surface area contributed by atoms with E-state index in [0.717, 1.165) is 11.1 Å². The third-order valence-corrected chi connectivity index (χ3v) is 4.08. The number of para-hydroxylation sites is 1. The van der Waals surface area contributed by atoms with Crippen LogP contribution in [0, 0.1) is 0 Å². The van der Waals surface area contributed by atoms with Crippen molar-refractivity contribution >= 4 is 12.0 Å². The molecule has 0 saturated carbocycles. The number of hydrogen-bond donors (Lipinski definition) is 0. The Morgan fingerprint density at radius 3 is 2.62 bits per heavy atom. The van der Waals surface area contributed by atoms with Gasteiger partial charge >= 0.3 is 6.09 Å². The highest BCUT2D eigenvalue weighted by Crippen LogP contribution is 2.22. The molecule has 1 heterocycles. The predicted octanol–water partition coefficient (Wildman–Crippen LogP) is 2.83. The van der Waals surface area contributed by atoms with Crippen molar-refractivity contribution in [3.05, 3.63) is 65.7 Å². The molecule has 0 aliphatic carbocycles. The summed E-state index contributed by atoms with van der Waals surface area (Å²) in [5.41, 5.74) is 1.82. The number of benzene rings is 2. The van der Waals surface area contributed by atoms with Crippen molar-refractivity contribution in [1.82, 2.24) is 4.90 Å². The molecule has 5 heteroatoms. The molecule has 1 unspecified atom stereocenters. The molecular formula is C19H19NO4. The van der Waals surface area contributed by atoms with E-state index >= 15 is 0 Å². The van der Waals surface area contributed by atoms with E-state index < -0.39 is 6.09 Å². The van der Waals surface area contributed by atoms with E-state index in [1.54, 1.807) is 13.2 Å². The molecular weight excluding hydrogens is 306 g/mol. The summed E-state index contributed by atoms with van der Waals surface area (Å²) in [6.45, 7) is 0.228. The first-order valence-corrected chi connectivity index (χ1v) is 7.83. The average molecular weight is 325 g/mol. The number of carbonyl (C=O) groups is 2. The van der Waals surface area contributed by atoms with Crippen molar-refractivity contribution in [3.8, 4) is 5.75 Å². The Morgan fingerprint density at radius 2 is 1.88 bits per heavy atom. The summed E-state index contributed by atoms with van der Waals surface area (Å²) < 4.78 is 10.4. The van der Waals surface area contributed by atoms with Gasteiger partial charge in [-0.1, -0.05) is 48.5 Å². The number of hydrogen-bond acceptors (Lipinski definition) is 4. The summed E-state index contributed by atoms with van der Waals surface area (Å²) in [6, 6.07) is 16.8. The summed E-state index contributed by atoms with van der Waals surface area (Å²) >= 11 is 0. The molecule has 1 fully saturated rings. The van der Waals surface area contributed by atoms with Crippen LogP contribution in [-0.2, 0) is 22.4 Å². The van der Waals surface area contributed by atoms with E-state index in [1.165, 1.54) is 4.90 Å². The number of ether oxygens (including phenoxy) is 2. The number of nitrogens with zero attached hydrogens (tertiary/aromatic N) is 1. The molecule has 2 aromatic rings. The van der Waals surface area contributed by atoms with Gasteiger partial charge in [-0.25, -0.2) is 9.69 Å². The van der Waals surface area contributed by atoms with Crippen LogP contribution >= 0.6 is 0 Å². The molecule has 1 saturated heterocycles. The average Bonchev–Trinajstić information content (AvgIpc) is 2.96. The topological polar surface area (TPSA) is 55.8 Å². The largest absolute Gasteiger partial charge is 0.496 e. The van der Waals surface area contributed by atoms with Crippen molar-refractivity contribution in [3.63, 3.8) is 0 Å². The van der Waals surface area contributed by atoms with Gasteiger partial charge in [0.2, 0.25) is 5.91 Å². The number of imide groups is 1. The number of rotatable bonds is 5. The van der Waals surface area contributed by atoms with Gasteiger partial charge < -0.3 is 9.47 Å².